The van der Waals surface area contributed by atoms with Crippen LogP contribution in [0.2, 0.25) is 5.02 Å². The number of fused-ring (bicyclic) bond motifs is 1. The maximum atomic E-state index is 6.34. The van der Waals surface area contributed by atoms with Gasteiger partial charge >= 0.3 is 0 Å². The molecule has 3 heteroatoms. The Bertz CT molecular complexity index is 720. The predicted molar refractivity (Wildman–Crippen MR) is 93.5 cm³/mol. The summed E-state index contributed by atoms with van der Waals surface area (Å²) >= 11 is 11.8. The predicted octanol–water partition coefficient (Wildman–Crippen LogP) is 6.28. The van der Waals surface area contributed by atoms with Crippen molar-refractivity contribution in [3.8, 4) is 0 Å². The highest BCUT2D eigenvalue weighted by molar-refractivity contribution is 9.09. The lowest BCUT2D eigenvalue weighted by Gasteiger charge is -2.15. The van der Waals surface area contributed by atoms with E-state index in [-0.39, 0.29) is 0 Å². The normalized spacial score (nSPS) is 12.7. The van der Waals surface area contributed by atoms with Crippen LogP contribution in [0, 0.1) is 0 Å². The molecule has 0 fully saturated rings. The minimum Gasteiger partial charge on any atom is -0.144 e. The number of hydrogen-bond acceptors (Lipinski definition) is 1. The Kier molecular flexibility index (Phi) is 4.45. The molecule has 20 heavy (non-hydrogen) atoms. The van der Waals surface area contributed by atoms with Crippen molar-refractivity contribution in [1.82, 2.24) is 0 Å². The maximum Gasteiger partial charge on any atom is 0.0441 e. The van der Waals surface area contributed by atoms with Gasteiger partial charge in [0.2, 0.25) is 0 Å². The molecule has 3 aromatic rings. The van der Waals surface area contributed by atoms with Crippen LogP contribution in [0.5, 0.6) is 0 Å². The first kappa shape index (κ1) is 14.1. The van der Waals surface area contributed by atoms with E-state index in [1.165, 1.54) is 21.2 Å². The number of benzene rings is 2. The van der Waals surface area contributed by atoms with E-state index in [4.69, 9.17) is 11.6 Å². The standard InChI is InChI=1S/C17H14BrClS/c18-10-12(14-5-1-3-7-16(14)19)9-13-11-20-17-8-4-2-6-15(13)17/h1-8,11-12H,9-10H2. The Morgan fingerprint density at radius 2 is 1.80 bits per heavy atom. The second kappa shape index (κ2) is 6.30. The summed E-state index contributed by atoms with van der Waals surface area (Å²) < 4.78 is 1.36. The third-order valence-electron chi connectivity index (χ3n) is 3.56. The molecule has 0 aliphatic rings. The van der Waals surface area contributed by atoms with Crippen molar-refractivity contribution in [1.29, 1.82) is 0 Å². The molecule has 0 radical (unpaired) electrons. The van der Waals surface area contributed by atoms with Crippen molar-refractivity contribution >= 4 is 49.0 Å². The molecule has 0 spiro atoms. The molecule has 1 aromatic heterocycles. The summed E-state index contributed by atoms with van der Waals surface area (Å²) in [7, 11) is 0. The van der Waals surface area contributed by atoms with Crippen LogP contribution in [-0.4, -0.2) is 5.33 Å². The zero-order valence-electron chi connectivity index (χ0n) is 10.9. The lowest BCUT2D eigenvalue weighted by Crippen LogP contribution is -2.04. The van der Waals surface area contributed by atoms with Gasteiger partial charge < -0.3 is 0 Å². The van der Waals surface area contributed by atoms with Gasteiger partial charge in [-0.1, -0.05) is 63.9 Å². The number of hydrogen-bond donors (Lipinski definition) is 0. The second-order valence-electron chi connectivity index (χ2n) is 4.83. The fraction of sp³-hybridized carbons (Fsp3) is 0.176. The molecular weight excluding hydrogens is 352 g/mol. The number of thiophene rings is 1. The maximum absolute atomic E-state index is 6.34. The summed E-state index contributed by atoms with van der Waals surface area (Å²) in [4.78, 5) is 0. The van der Waals surface area contributed by atoms with Crippen molar-refractivity contribution in [2.75, 3.05) is 5.33 Å². The first-order valence-corrected chi connectivity index (χ1v) is 8.93. The zero-order chi connectivity index (χ0) is 13.9. The van der Waals surface area contributed by atoms with E-state index < -0.39 is 0 Å². The van der Waals surface area contributed by atoms with E-state index >= 15 is 0 Å². The minimum absolute atomic E-state index is 0.404. The molecule has 0 saturated heterocycles. The first-order chi connectivity index (χ1) is 9.79. The van der Waals surface area contributed by atoms with Crippen LogP contribution in [0.15, 0.2) is 53.9 Å². The molecule has 0 saturated carbocycles. The molecule has 2 aromatic carbocycles. The topological polar surface area (TPSA) is 0 Å². The molecular formula is C17H14BrClS. The van der Waals surface area contributed by atoms with Crippen molar-refractivity contribution in [3.63, 3.8) is 0 Å². The largest absolute Gasteiger partial charge is 0.144 e. The first-order valence-electron chi connectivity index (χ1n) is 6.55. The molecule has 0 N–H and O–H groups in total. The van der Waals surface area contributed by atoms with Crippen molar-refractivity contribution < 1.29 is 0 Å². The minimum atomic E-state index is 0.404. The van der Waals surface area contributed by atoms with Crippen LogP contribution in [0.3, 0.4) is 0 Å². The third kappa shape index (κ3) is 2.78. The number of alkyl halides is 1. The van der Waals surface area contributed by atoms with Crippen molar-refractivity contribution in [3.05, 3.63) is 70.1 Å². The average Bonchev–Trinajstić information content (AvgIpc) is 2.89. The highest BCUT2D eigenvalue weighted by Gasteiger charge is 2.16. The highest BCUT2D eigenvalue weighted by atomic mass is 79.9. The van der Waals surface area contributed by atoms with Gasteiger partial charge in [-0.05, 0) is 46.4 Å². The summed E-state index contributed by atoms with van der Waals surface area (Å²) in [6.45, 7) is 0. The Balaban J connectivity index is 1.94. The molecule has 1 atom stereocenters. The van der Waals surface area contributed by atoms with Gasteiger partial charge in [0.15, 0.2) is 0 Å². The highest BCUT2D eigenvalue weighted by Crippen LogP contribution is 2.33. The van der Waals surface area contributed by atoms with Crippen molar-refractivity contribution in [2.24, 2.45) is 0 Å². The number of halogens is 2. The monoisotopic (exact) mass is 364 g/mol. The lowest BCUT2D eigenvalue weighted by molar-refractivity contribution is 0.782. The van der Waals surface area contributed by atoms with E-state index in [2.05, 4.69) is 57.7 Å². The Hall–Kier alpha value is -0.830. The van der Waals surface area contributed by atoms with Gasteiger partial charge in [-0.25, -0.2) is 0 Å². The van der Waals surface area contributed by atoms with Crippen LogP contribution in [0.25, 0.3) is 10.1 Å². The molecule has 0 aliphatic heterocycles. The summed E-state index contributed by atoms with van der Waals surface area (Å²) in [5, 5.41) is 5.42. The number of rotatable bonds is 4. The van der Waals surface area contributed by atoms with E-state index in [1.807, 2.05) is 23.5 Å². The van der Waals surface area contributed by atoms with E-state index in [0.29, 0.717) is 5.92 Å². The van der Waals surface area contributed by atoms with E-state index in [0.717, 1.165) is 16.8 Å². The van der Waals surface area contributed by atoms with Gasteiger partial charge in [0.25, 0.3) is 0 Å². The van der Waals surface area contributed by atoms with Gasteiger partial charge in [-0.3, -0.25) is 0 Å². The smallest absolute Gasteiger partial charge is 0.0441 e. The van der Waals surface area contributed by atoms with Crippen LogP contribution in [0.1, 0.15) is 17.0 Å². The van der Waals surface area contributed by atoms with Crippen LogP contribution < -0.4 is 0 Å². The Labute approximate surface area is 136 Å². The molecule has 3 rings (SSSR count). The van der Waals surface area contributed by atoms with Gasteiger partial charge in [0.05, 0.1) is 0 Å². The third-order valence-corrected chi connectivity index (χ3v) is 5.70. The van der Waals surface area contributed by atoms with E-state index in [9.17, 15) is 0 Å². The Morgan fingerprint density at radius 1 is 1.05 bits per heavy atom. The molecule has 1 heterocycles. The fourth-order valence-corrected chi connectivity index (χ4v) is 4.35. The summed E-state index contributed by atoms with van der Waals surface area (Å²) in [5.41, 5.74) is 2.64. The molecule has 1 unspecified atom stereocenters. The second-order valence-corrected chi connectivity index (χ2v) is 6.80. The molecule has 0 nitrogen and oxygen atoms in total. The fourth-order valence-electron chi connectivity index (χ4n) is 2.51. The molecule has 102 valence electrons. The average molecular weight is 366 g/mol. The van der Waals surface area contributed by atoms with Gasteiger partial charge in [0.1, 0.15) is 0 Å². The van der Waals surface area contributed by atoms with E-state index in [1.54, 1.807) is 0 Å². The summed E-state index contributed by atoms with van der Waals surface area (Å²) in [5.74, 6) is 0.404. The van der Waals surface area contributed by atoms with Crippen LogP contribution >= 0.6 is 38.9 Å². The molecule has 0 amide bonds. The van der Waals surface area contributed by atoms with Gasteiger partial charge in [-0.15, -0.1) is 11.3 Å². The molecule has 0 aliphatic carbocycles. The summed E-state index contributed by atoms with van der Waals surface area (Å²) in [6, 6.07) is 16.7. The van der Waals surface area contributed by atoms with Crippen LogP contribution in [-0.2, 0) is 6.42 Å². The van der Waals surface area contributed by atoms with Gasteiger partial charge in [0, 0.05) is 15.1 Å². The molecule has 0 bridgehead atoms. The Morgan fingerprint density at radius 3 is 2.60 bits per heavy atom. The van der Waals surface area contributed by atoms with Crippen molar-refractivity contribution in [2.45, 2.75) is 12.3 Å². The van der Waals surface area contributed by atoms with Gasteiger partial charge in [-0.2, -0.15) is 0 Å². The lowest BCUT2D eigenvalue weighted by atomic mass is 9.93. The SMILES string of the molecule is Clc1ccccc1C(CBr)Cc1csc2ccccc12. The van der Waals surface area contributed by atoms with Crippen LogP contribution in [0.4, 0.5) is 0 Å². The zero-order valence-corrected chi connectivity index (χ0v) is 14.0. The summed E-state index contributed by atoms with van der Waals surface area (Å²) in [6.07, 6.45) is 1.01. The quantitative estimate of drug-likeness (QED) is 0.477.